The highest BCUT2D eigenvalue weighted by Gasteiger charge is 2.19. The van der Waals surface area contributed by atoms with E-state index in [9.17, 15) is 14.4 Å². The van der Waals surface area contributed by atoms with Gasteiger partial charge in [-0.2, -0.15) is 0 Å². The molecule has 0 aromatic carbocycles. The Morgan fingerprint density at radius 2 is 0.524 bits per heavy atom. The molecule has 0 fully saturated rings. The highest BCUT2D eigenvalue weighted by Crippen LogP contribution is 2.17. The van der Waals surface area contributed by atoms with E-state index in [0.29, 0.717) is 19.3 Å². The minimum absolute atomic E-state index is 0.0677. The average Bonchev–Trinajstić information content (AvgIpc) is 3.28. The quantitative estimate of drug-likeness (QED) is 0.0262. The molecule has 0 spiro atoms. The third-order valence-corrected chi connectivity index (χ3v) is 12.8. The smallest absolute Gasteiger partial charge is 0.306 e. The molecule has 6 nitrogen and oxygen atoms in total. The number of rotatable bonds is 52. The van der Waals surface area contributed by atoms with Crippen molar-refractivity contribution in [3.05, 3.63) is 12.2 Å². The number of unbranched alkanes of at least 4 members (excludes halogenated alkanes) is 39. The van der Waals surface area contributed by atoms with Crippen molar-refractivity contribution in [1.82, 2.24) is 0 Å². The molecule has 0 aromatic rings. The Kier molecular flexibility index (Phi) is 51.2. The third-order valence-electron chi connectivity index (χ3n) is 12.8. The molecule has 0 aliphatic carbocycles. The second-order valence-electron chi connectivity index (χ2n) is 19.2. The molecular weight excluding hydrogens is 781 g/mol. The van der Waals surface area contributed by atoms with Crippen LogP contribution in [0.3, 0.4) is 0 Å². The van der Waals surface area contributed by atoms with Crippen molar-refractivity contribution in [2.75, 3.05) is 13.2 Å². The maximum Gasteiger partial charge on any atom is 0.306 e. The highest BCUT2D eigenvalue weighted by molar-refractivity contribution is 5.71. The Labute approximate surface area is 392 Å². The molecule has 0 aliphatic heterocycles. The van der Waals surface area contributed by atoms with Crippen LogP contribution in [0.25, 0.3) is 0 Å². The van der Waals surface area contributed by atoms with E-state index in [4.69, 9.17) is 14.2 Å². The first-order valence-electron chi connectivity index (χ1n) is 28.2. The molecule has 0 rings (SSSR count). The molecule has 0 unspecified atom stereocenters. The van der Waals surface area contributed by atoms with Gasteiger partial charge in [0.2, 0.25) is 0 Å². The maximum atomic E-state index is 12.8. The molecule has 63 heavy (non-hydrogen) atoms. The van der Waals surface area contributed by atoms with Gasteiger partial charge in [0.15, 0.2) is 6.10 Å². The summed E-state index contributed by atoms with van der Waals surface area (Å²) in [7, 11) is 0. The number of hydrogen-bond acceptors (Lipinski definition) is 6. The third kappa shape index (κ3) is 51.0. The Bertz CT molecular complexity index is 978. The Balaban J connectivity index is 4.27. The monoisotopic (exact) mass is 889 g/mol. The lowest BCUT2D eigenvalue weighted by molar-refractivity contribution is -0.167. The lowest BCUT2D eigenvalue weighted by Gasteiger charge is -2.18. The van der Waals surface area contributed by atoms with Gasteiger partial charge in [0.05, 0.1) is 0 Å². The molecule has 0 amide bonds. The fraction of sp³-hybridized carbons (Fsp3) is 0.912. The van der Waals surface area contributed by atoms with Gasteiger partial charge < -0.3 is 14.2 Å². The van der Waals surface area contributed by atoms with Gasteiger partial charge >= 0.3 is 17.9 Å². The van der Waals surface area contributed by atoms with Crippen molar-refractivity contribution in [1.29, 1.82) is 0 Å². The average molecular weight is 889 g/mol. The van der Waals surface area contributed by atoms with Crippen molar-refractivity contribution in [3.8, 4) is 0 Å². The normalized spacial score (nSPS) is 12.0. The number of ether oxygens (including phenoxy) is 3. The summed E-state index contributed by atoms with van der Waals surface area (Å²) < 4.78 is 16.8. The van der Waals surface area contributed by atoms with Crippen LogP contribution in [0.5, 0.6) is 0 Å². The van der Waals surface area contributed by atoms with Gasteiger partial charge in [-0.25, -0.2) is 0 Å². The van der Waals surface area contributed by atoms with Crippen molar-refractivity contribution in [3.63, 3.8) is 0 Å². The fourth-order valence-electron chi connectivity index (χ4n) is 8.50. The lowest BCUT2D eigenvalue weighted by Crippen LogP contribution is -2.30. The molecule has 0 heterocycles. The number of esters is 3. The second-order valence-corrected chi connectivity index (χ2v) is 19.2. The van der Waals surface area contributed by atoms with Crippen molar-refractivity contribution >= 4 is 17.9 Å². The van der Waals surface area contributed by atoms with Crippen molar-refractivity contribution in [2.24, 2.45) is 0 Å². The van der Waals surface area contributed by atoms with E-state index >= 15 is 0 Å². The van der Waals surface area contributed by atoms with E-state index < -0.39 is 6.10 Å². The van der Waals surface area contributed by atoms with Crippen molar-refractivity contribution in [2.45, 2.75) is 322 Å². The molecular formula is C57H108O6. The molecule has 6 heteroatoms. The van der Waals surface area contributed by atoms with Gasteiger partial charge in [-0.15, -0.1) is 0 Å². The van der Waals surface area contributed by atoms with Crippen LogP contribution < -0.4 is 0 Å². The number of allylic oxidation sites excluding steroid dienone is 2. The van der Waals surface area contributed by atoms with Gasteiger partial charge in [0.1, 0.15) is 13.2 Å². The Hall–Kier alpha value is -1.85. The maximum absolute atomic E-state index is 12.8. The van der Waals surface area contributed by atoms with Crippen LogP contribution in [0.15, 0.2) is 12.2 Å². The van der Waals surface area contributed by atoms with Crippen molar-refractivity contribution < 1.29 is 28.6 Å². The zero-order valence-corrected chi connectivity index (χ0v) is 42.6. The summed E-state index contributed by atoms with van der Waals surface area (Å²) in [6.45, 7) is 6.67. The van der Waals surface area contributed by atoms with Crippen LogP contribution in [-0.4, -0.2) is 37.2 Å². The van der Waals surface area contributed by atoms with Crippen LogP contribution in [0.2, 0.25) is 0 Å². The summed E-state index contributed by atoms with van der Waals surface area (Å²) in [6.07, 6.45) is 59.2. The molecule has 372 valence electrons. The molecule has 0 bridgehead atoms. The van der Waals surface area contributed by atoms with E-state index in [1.807, 2.05) is 0 Å². The number of carbonyl (C=O) groups excluding carboxylic acids is 3. The lowest BCUT2D eigenvalue weighted by atomic mass is 10.0. The van der Waals surface area contributed by atoms with E-state index in [0.717, 1.165) is 64.2 Å². The van der Waals surface area contributed by atoms with Crippen LogP contribution in [-0.2, 0) is 28.6 Å². The molecule has 0 radical (unpaired) electrons. The van der Waals surface area contributed by atoms with Gasteiger partial charge in [-0.05, 0) is 44.9 Å². The molecule has 0 saturated carbocycles. The van der Waals surface area contributed by atoms with Crippen LogP contribution in [0.1, 0.15) is 316 Å². The summed E-state index contributed by atoms with van der Waals surface area (Å²) in [5, 5.41) is 0. The summed E-state index contributed by atoms with van der Waals surface area (Å²) >= 11 is 0. The largest absolute Gasteiger partial charge is 0.462 e. The Morgan fingerprint density at radius 3 is 0.794 bits per heavy atom. The van der Waals surface area contributed by atoms with Gasteiger partial charge in [0, 0.05) is 19.3 Å². The first-order chi connectivity index (χ1) is 31.0. The predicted octanol–water partition coefficient (Wildman–Crippen LogP) is 18.5. The summed E-state index contributed by atoms with van der Waals surface area (Å²) in [5.41, 5.74) is 0. The molecule has 0 saturated heterocycles. The van der Waals surface area contributed by atoms with Crippen LogP contribution in [0.4, 0.5) is 0 Å². The van der Waals surface area contributed by atoms with E-state index in [2.05, 4.69) is 32.9 Å². The van der Waals surface area contributed by atoms with E-state index in [-0.39, 0.29) is 31.1 Å². The fourth-order valence-corrected chi connectivity index (χ4v) is 8.50. The molecule has 1 atom stereocenters. The topological polar surface area (TPSA) is 78.9 Å². The summed E-state index contributed by atoms with van der Waals surface area (Å²) in [4.78, 5) is 38.0. The van der Waals surface area contributed by atoms with E-state index in [1.54, 1.807) is 0 Å². The summed E-state index contributed by atoms with van der Waals surface area (Å²) in [5.74, 6) is -0.855. The first-order valence-corrected chi connectivity index (χ1v) is 28.2. The standard InChI is InChI=1S/C57H108O6/c1-4-7-10-13-16-19-22-24-26-27-28-29-31-32-35-38-41-44-47-50-56(59)62-53-54(52-61-55(58)49-46-43-40-37-34-21-18-15-12-9-6-3)63-57(60)51-48-45-42-39-36-33-30-25-23-20-17-14-11-8-5-2/h25,30,54H,4-24,26-29,31-53H2,1-3H3/b30-25-/t54-/m1/s1. The minimum atomic E-state index is -0.768. The molecule has 0 aromatic heterocycles. The zero-order valence-electron chi connectivity index (χ0n) is 42.6. The predicted molar refractivity (Wildman–Crippen MR) is 270 cm³/mol. The first kappa shape index (κ1) is 61.1. The SMILES string of the molecule is CCCCCCCC/C=C\CCCCCCCC(=O)O[C@H](COC(=O)CCCCCCCCCCCCC)COC(=O)CCCCCCCCCCCCCCCCCCCCC. The van der Waals surface area contributed by atoms with Crippen LogP contribution in [0, 0.1) is 0 Å². The second kappa shape index (κ2) is 52.8. The van der Waals surface area contributed by atoms with Crippen LogP contribution >= 0.6 is 0 Å². The number of hydrogen-bond donors (Lipinski definition) is 0. The van der Waals surface area contributed by atoms with Gasteiger partial charge in [0.25, 0.3) is 0 Å². The molecule has 0 aliphatic rings. The summed E-state index contributed by atoms with van der Waals surface area (Å²) in [6, 6.07) is 0. The Morgan fingerprint density at radius 1 is 0.302 bits per heavy atom. The number of carbonyl (C=O) groups is 3. The highest BCUT2D eigenvalue weighted by atomic mass is 16.6. The minimum Gasteiger partial charge on any atom is -0.462 e. The molecule has 0 N–H and O–H groups in total. The zero-order chi connectivity index (χ0) is 45.8. The van der Waals surface area contributed by atoms with Gasteiger partial charge in [-0.1, -0.05) is 264 Å². The van der Waals surface area contributed by atoms with E-state index in [1.165, 1.54) is 212 Å². The van der Waals surface area contributed by atoms with Gasteiger partial charge in [-0.3, -0.25) is 14.4 Å².